The SMILES string of the molecule is CC(C)(C)c1noc(CCCC(=O)NC2CCCCCC2)n1. The first-order valence-electron chi connectivity index (χ1n) is 8.57. The highest BCUT2D eigenvalue weighted by atomic mass is 16.5. The third-order valence-electron chi connectivity index (χ3n) is 4.15. The zero-order valence-electron chi connectivity index (χ0n) is 14.2. The minimum absolute atomic E-state index is 0.0986. The van der Waals surface area contributed by atoms with E-state index < -0.39 is 0 Å². The molecular weight excluding hydrogens is 278 g/mol. The maximum Gasteiger partial charge on any atom is 0.226 e. The van der Waals surface area contributed by atoms with Gasteiger partial charge in [0.25, 0.3) is 0 Å². The predicted molar refractivity (Wildman–Crippen MR) is 85.6 cm³/mol. The van der Waals surface area contributed by atoms with Crippen molar-refractivity contribution in [3.05, 3.63) is 11.7 Å². The minimum Gasteiger partial charge on any atom is -0.353 e. The first kappa shape index (κ1) is 17.0. The predicted octanol–water partition coefficient (Wildman–Crippen LogP) is 3.53. The first-order chi connectivity index (χ1) is 10.4. The average molecular weight is 307 g/mol. The molecule has 0 bridgehead atoms. The van der Waals surface area contributed by atoms with Crippen molar-refractivity contribution in [2.24, 2.45) is 0 Å². The van der Waals surface area contributed by atoms with Crippen molar-refractivity contribution in [1.82, 2.24) is 15.5 Å². The Kier molecular flexibility index (Phi) is 5.98. The molecule has 0 radical (unpaired) electrons. The zero-order valence-corrected chi connectivity index (χ0v) is 14.2. The summed E-state index contributed by atoms with van der Waals surface area (Å²) in [6.07, 6.45) is 9.30. The molecule has 0 atom stereocenters. The number of hydrogen-bond acceptors (Lipinski definition) is 4. The monoisotopic (exact) mass is 307 g/mol. The lowest BCUT2D eigenvalue weighted by Gasteiger charge is -2.15. The summed E-state index contributed by atoms with van der Waals surface area (Å²) in [5, 5.41) is 7.17. The van der Waals surface area contributed by atoms with Crippen LogP contribution >= 0.6 is 0 Å². The standard InChI is InChI=1S/C17H29N3O2/c1-17(2,3)16-19-15(22-20-16)12-8-11-14(21)18-13-9-6-4-5-7-10-13/h13H,4-12H2,1-3H3,(H,18,21). The molecular formula is C17H29N3O2. The number of amides is 1. The molecule has 0 aliphatic heterocycles. The number of carbonyl (C=O) groups excluding carboxylic acids is 1. The van der Waals surface area contributed by atoms with E-state index in [-0.39, 0.29) is 11.3 Å². The van der Waals surface area contributed by atoms with Crippen molar-refractivity contribution in [3.8, 4) is 0 Å². The summed E-state index contributed by atoms with van der Waals surface area (Å²) < 4.78 is 5.25. The lowest BCUT2D eigenvalue weighted by molar-refractivity contribution is -0.122. The van der Waals surface area contributed by atoms with Crippen LogP contribution in [0.2, 0.25) is 0 Å². The fraction of sp³-hybridized carbons (Fsp3) is 0.824. The largest absolute Gasteiger partial charge is 0.353 e. The highest BCUT2D eigenvalue weighted by Crippen LogP contribution is 2.19. The number of aryl methyl sites for hydroxylation is 1. The normalized spacial score (nSPS) is 17.2. The summed E-state index contributed by atoms with van der Waals surface area (Å²) >= 11 is 0. The van der Waals surface area contributed by atoms with Gasteiger partial charge >= 0.3 is 0 Å². The Bertz CT molecular complexity index is 468. The van der Waals surface area contributed by atoms with Crippen molar-refractivity contribution >= 4 is 5.91 Å². The smallest absolute Gasteiger partial charge is 0.226 e. The van der Waals surface area contributed by atoms with Gasteiger partial charge in [-0.3, -0.25) is 4.79 Å². The quantitative estimate of drug-likeness (QED) is 0.845. The van der Waals surface area contributed by atoms with E-state index in [4.69, 9.17) is 4.52 Å². The Labute approximate surface area is 133 Å². The van der Waals surface area contributed by atoms with Gasteiger partial charge in [0.1, 0.15) is 0 Å². The third kappa shape index (κ3) is 5.43. The van der Waals surface area contributed by atoms with Crippen molar-refractivity contribution < 1.29 is 9.32 Å². The van der Waals surface area contributed by atoms with Crippen molar-refractivity contribution in [3.63, 3.8) is 0 Å². The van der Waals surface area contributed by atoms with E-state index in [0.29, 0.717) is 24.8 Å². The van der Waals surface area contributed by atoms with Gasteiger partial charge in [-0.1, -0.05) is 51.6 Å². The van der Waals surface area contributed by atoms with Crippen LogP contribution < -0.4 is 5.32 Å². The molecule has 1 aromatic rings. The van der Waals surface area contributed by atoms with Crippen LogP contribution in [-0.2, 0) is 16.6 Å². The molecule has 0 unspecified atom stereocenters. The number of rotatable bonds is 5. The Morgan fingerprint density at radius 2 is 1.91 bits per heavy atom. The van der Waals surface area contributed by atoms with E-state index in [0.717, 1.165) is 25.1 Å². The lowest BCUT2D eigenvalue weighted by atomic mass is 9.96. The van der Waals surface area contributed by atoms with E-state index in [1.807, 2.05) is 0 Å². The molecule has 5 heteroatoms. The second-order valence-electron chi connectivity index (χ2n) is 7.37. The van der Waals surface area contributed by atoms with Crippen LogP contribution in [0.25, 0.3) is 0 Å². The molecule has 22 heavy (non-hydrogen) atoms. The molecule has 0 saturated heterocycles. The molecule has 0 aromatic carbocycles. The van der Waals surface area contributed by atoms with Crippen LogP contribution in [0.5, 0.6) is 0 Å². The van der Waals surface area contributed by atoms with Gasteiger partial charge in [0.2, 0.25) is 11.8 Å². The lowest BCUT2D eigenvalue weighted by Crippen LogP contribution is -2.34. The highest BCUT2D eigenvalue weighted by molar-refractivity contribution is 5.76. The molecule has 1 aliphatic carbocycles. The van der Waals surface area contributed by atoms with E-state index in [1.54, 1.807) is 0 Å². The van der Waals surface area contributed by atoms with Crippen molar-refractivity contribution in [1.29, 1.82) is 0 Å². The summed E-state index contributed by atoms with van der Waals surface area (Å²) in [5.41, 5.74) is -0.0986. The van der Waals surface area contributed by atoms with E-state index in [1.165, 1.54) is 25.7 Å². The number of carbonyl (C=O) groups is 1. The Morgan fingerprint density at radius 3 is 2.50 bits per heavy atom. The van der Waals surface area contributed by atoms with Crippen LogP contribution in [0.1, 0.15) is 83.9 Å². The van der Waals surface area contributed by atoms with E-state index in [2.05, 4.69) is 36.2 Å². The molecule has 1 saturated carbocycles. The molecule has 1 heterocycles. The molecule has 1 amide bonds. The maximum atomic E-state index is 12.0. The summed E-state index contributed by atoms with van der Waals surface area (Å²) in [7, 11) is 0. The van der Waals surface area contributed by atoms with E-state index >= 15 is 0 Å². The van der Waals surface area contributed by atoms with Gasteiger partial charge in [-0.25, -0.2) is 0 Å². The van der Waals surface area contributed by atoms with E-state index in [9.17, 15) is 4.79 Å². The van der Waals surface area contributed by atoms with Crippen LogP contribution in [0.3, 0.4) is 0 Å². The minimum atomic E-state index is -0.0986. The summed E-state index contributed by atoms with van der Waals surface area (Å²) in [6.45, 7) is 6.17. The van der Waals surface area contributed by atoms with Gasteiger partial charge in [0.15, 0.2) is 5.82 Å². The highest BCUT2D eigenvalue weighted by Gasteiger charge is 2.21. The number of aromatic nitrogens is 2. The van der Waals surface area contributed by atoms with Gasteiger partial charge in [-0.15, -0.1) is 0 Å². The van der Waals surface area contributed by atoms with Crippen LogP contribution in [-0.4, -0.2) is 22.1 Å². The fourth-order valence-corrected chi connectivity index (χ4v) is 2.78. The molecule has 5 nitrogen and oxygen atoms in total. The Balaban J connectivity index is 1.69. The molecule has 1 aromatic heterocycles. The number of nitrogens with one attached hydrogen (secondary N) is 1. The summed E-state index contributed by atoms with van der Waals surface area (Å²) in [6, 6.07) is 0.380. The van der Waals surface area contributed by atoms with Gasteiger partial charge in [-0.05, 0) is 19.3 Å². The van der Waals surface area contributed by atoms with Crippen LogP contribution in [0.4, 0.5) is 0 Å². The zero-order chi connectivity index (χ0) is 16.0. The molecule has 0 spiro atoms. The topological polar surface area (TPSA) is 68.0 Å². The second-order valence-corrected chi connectivity index (χ2v) is 7.37. The summed E-state index contributed by atoms with van der Waals surface area (Å²) in [5.74, 6) is 1.51. The van der Waals surface area contributed by atoms with Gasteiger partial charge in [0.05, 0.1) is 0 Å². The Morgan fingerprint density at radius 1 is 1.23 bits per heavy atom. The van der Waals surface area contributed by atoms with Crippen molar-refractivity contribution in [2.75, 3.05) is 0 Å². The van der Waals surface area contributed by atoms with Crippen LogP contribution in [0.15, 0.2) is 4.52 Å². The molecule has 1 fully saturated rings. The number of nitrogens with zero attached hydrogens (tertiary/aromatic N) is 2. The first-order valence-corrected chi connectivity index (χ1v) is 8.57. The van der Waals surface area contributed by atoms with Gasteiger partial charge < -0.3 is 9.84 Å². The van der Waals surface area contributed by atoms with Gasteiger partial charge in [0, 0.05) is 24.3 Å². The summed E-state index contributed by atoms with van der Waals surface area (Å²) in [4.78, 5) is 16.4. The third-order valence-corrected chi connectivity index (χ3v) is 4.15. The fourth-order valence-electron chi connectivity index (χ4n) is 2.78. The maximum absolute atomic E-state index is 12.0. The number of hydrogen-bond donors (Lipinski definition) is 1. The Hall–Kier alpha value is -1.39. The van der Waals surface area contributed by atoms with Crippen molar-refractivity contribution in [2.45, 2.75) is 90.0 Å². The second kappa shape index (κ2) is 7.75. The molecule has 2 rings (SSSR count). The molecule has 1 N–H and O–H groups in total. The van der Waals surface area contributed by atoms with Gasteiger partial charge in [-0.2, -0.15) is 4.98 Å². The molecule has 124 valence electrons. The van der Waals surface area contributed by atoms with Crippen LogP contribution in [0, 0.1) is 0 Å². The molecule has 1 aliphatic rings. The average Bonchev–Trinajstić information content (AvgIpc) is 2.77.